The second-order valence-electron chi connectivity index (χ2n) is 4.59. The molecule has 0 atom stereocenters. The zero-order chi connectivity index (χ0) is 17.8. The van der Waals surface area contributed by atoms with Crippen molar-refractivity contribution in [3.63, 3.8) is 0 Å². The summed E-state index contributed by atoms with van der Waals surface area (Å²) in [7, 11) is 3.21. The highest BCUT2D eigenvalue weighted by atomic mass is 127. The van der Waals surface area contributed by atoms with Crippen molar-refractivity contribution >= 4 is 41.5 Å². The average Bonchev–Trinajstić information content (AvgIpc) is 2.55. The van der Waals surface area contributed by atoms with Gasteiger partial charge in [0.2, 0.25) is 0 Å². The van der Waals surface area contributed by atoms with Crippen LogP contribution in [0, 0.1) is 0 Å². The highest BCUT2D eigenvalue weighted by Crippen LogP contribution is 2.24. The summed E-state index contributed by atoms with van der Waals surface area (Å²) < 4.78 is 39.5. The highest BCUT2D eigenvalue weighted by molar-refractivity contribution is 14.0. The smallest absolute Gasteiger partial charge is 0.387 e. The quantitative estimate of drug-likeness (QED) is 0.227. The maximum atomic E-state index is 12.4. The van der Waals surface area contributed by atoms with Gasteiger partial charge in [0.25, 0.3) is 0 Å². The number of alkyl halides is 2. The van der Waals surface area contributed by atoms with Gasteiger partial charge in [0.1, 0.15) is 5.75 Å². The number of aliphatic imine (C=N–C) groups is 1. The fraction of sp³-hybridized carbons (Fsp3) is 0.533. The fourth-order valence-electron chi connectivity index (χ4n) is 1.78. The Bertz CT molecular complexity index is 525. The number of benzene rings is 1. The molecular weight excluding hydrogens is 471 g/mol. The average molecular weight is 494 g/mol. The second kappa shape index (κ2) is 14.3. The predicted octanol–water partition coefficient (Wildman–Crippen LogP) is 2.89. The van der Waals surface area contributed by atoms with E-state index in [9.17, 15) is 8.78 Å². The Balaban J connectivity index is 0.00000576. The Morgan fingerprint density at radius 3 is 2.64 bits per heavy atom. The number of methoxy groups -OCH3 is 1. The van der Waals surface area contributed by atoms with Crippen LogP contribution in [-0.4, -0.2) is 53.1 Å². The van der Waals surface area contributed by atoms with Crippen LogP contribution < -0.4 is 15.4 Å². The molecule has 10 heteroatoms. The number of nitrogens with zero attached hydrogens (tertiary/aromatic N) is 1. The first-order valence-electron chi connectivity index (χ1n) is 7.31. The van der Waals surface area contributed by atoms with Crippen molar-refractivity contribution in [1.82, 2.24) is 10.6 Å². The first-order valence-corrected chi connectivity index (χ1v) is 7.69. The van der Waals surface area contributed by atoms with E-state index < -0.39 is 6.61 Å². The van der Waals surface area contributed by atoms with Gasteiger partial charge in [-0.05, 0) is 18.2 Å². The molecule has 6 nitrogen and oxygen atoms in total. The largest absolute Gasteiger partial charge is 0.434 e. The molecule has 25 heavy (non-hydrogen) atoms. The minimum atomic E-state index is -2.90. The normalized spacial score (nSPS) is 11.2. The summed E-state index contributed by atoms with van der Waals surface area (Å²) in [5.74, 6) is 0.577. The van der Waals surface area contributed by atoms with Crippen molar-refractivity contribution < 1.29 is 23.0 Å². The summed E-state index contributed by atoms with van der Waals surface area (Å²) in [5, 5.41) is 6.48. The number of hydrogen-bond donors (Lipinski definition) is 2. The Kier molecular flexibility index (Phi) is 13.8. The third-order valence-corrected chi connectivity index (χ3v) is 3.11. The minimum Gasteiger partial charge on any atom is -0.434 e. The molecule has 144 valence electrons. The monoisotopic (exact) mass is 493 g/mol. The Morgan fingerprint density at radius 1 is 1.24 bits per heavy atom. The number of ether oxygens (including phenoxy) is 3. The lowest BCUT2D eigenvalue weighted by atomic mass is 10.2. The maximum Gasteiger partial charge on any atom is 0.387 e. The van der Waals surface area contributed by atoms with Gasteiger partial charge in [-0.25, -0.2) is 0 Å². The van der Waals surface area contributed by atoms with Crippen LogP contribution in [0.25, 0.3) is 0 Å². The predicted molar refractivity (Wildman–Crippen MR) is 104 cm³/mol. The molecule has 0 amide bonds. The van der Waals surface area contributed by atoms with Gasteiger partial charge in [-0.2, -0.15) is 8.78 Å². The van der Waals surface area contributed by atoms with Gasteiger partial charge in [0.05, 0.1) is 19.8 Å². The Hall–Kier alpha value is -0.910. The molecule has 0 aliphatic carbocycles. The van der Waals surface area contributed by atoms with E-state index in [1.807, 2.05) is 0 Å². The van der Waals surface area contributed by atoms with E-state index >= 15 is 0 Å². The summed E-state index contributed by atoms with van der Waals surface area (Å²) in [6.45, 7) is -0.588. The number of guanidine groups is 1. The van der Waals surface area contributed by atoms with Gasteiger partial charge in [-0.1, -0.05) is 11.6 Å². The molecule has 1 aromatic carbocycles. The fourth-order valence-corrected chi connectivity index (χ4v) is 1.98. The molecule has 1 rings (SSSR count). The van der Waals surface area contributed by atoms with Crippen LogP contribution in [0.3, 0.4) is 0 Å². The second-order valence-corrected chi connectivity index (χ2v) is 5.02. The SMILES string of the molecule is CN=C(NCCOCCOC)NCc1cc(Cl)ccc1OC(F)F.I. The molecule has 1 aromatic rings. The van der Waals surface area contributed by atoms with E-state index in [0.717, 1.165) is 0 Å². The topological polar surface area (TPSA) is 64.1 Å². The molecular formula is C15H23ClF2IN3O3. The summed E-state index contributed by atoms with van der Waals surface area (Å²) in [6.07, 6.45) is 0. The standard InChI is InChI=1S/C15H22ClF2N3O3.HI/c1-19-15(20-5-6-23-8-7-22-2)21-10-11-9-12(16)3-4-13(11)24-14(17)18;/h3-4,9,14H,5-8,10H2,1-2H3,(H2,19,20,21);1H. The van der Waals surface area contributed by atoms with Crippen molar-refractivity contribution in [1.29, 1.82) is 0 Å². The van der Waals surface area contributed by atoms with E-state index in [-0.39, 0.29) is 36.3 Å². The lowest BCUT2D eigenvalue weighted by molar-refractivity contribution is -0.0504. The van der Waals surface area contributed by atoms with Crippen LogP contribution in [0.15, 0.2) is 23.2 Å². The zero-order valence-corrected chi connectivity index (χ0v) is 17.1. The van der Waals surface area contributed by atoms with Gasteiger partial charge in [-0.3, -0.25) is 4.99 Å². The summed E-state index contributed by atoms with van der Waals surface area (Å²) in [5.41, 5.74) is 0.502. The van der Waals surface area contributed by atoms with Crippen molar-refractivity contribution in [2.24, 2.45) is 4.99 Å². The van der Waals surface area contributed by atoms with Crippen LogP contribution in [-0.2, 0) is 16.0 Å². The van der Waals surface area contributed by atoms with Crippen molar-refractivity contribution in [2.45, 2.75) is 13.2 Å². The molecule has 0 radical (unpaired) electrons. The summed E-state index contributed by atoms with van der Waals surface area (Å²) >= 11 is 5.90. The van der Waals surface area contributed by atoms with E-state index in [0.29, 0.717) is 42.9 Å². The molecule has 0 aromatic heterocycles. The minimum absolute atomic E-state index is 0. The van der Waals surface area contributed by atoms with E-state index in [1.54, 1.807) is 20.2 Å². The molecule has 0 heterocycles. The number of nitrogens with one attached hydrogen (secondary N) is 2. The lowest BCUT2D eigenvalue weighted by Crippen LogP contribution is -2.38. The van der Waals surface area contributed by atoms with Gasteiger partial charge in [0, 0.05) is 37.8 Å². The number of rotatable bonds is 10. The van der Waals surface area contributed by atoms with Crippen molar-refractivity contribution in [3.8, 4) is 5.75 Å². The summed E-state index contributed by atoms with van der Waals surface area (Å²) in [6, 6.07) is 4.46. The van der Waals surface area contributed by atoms with Crippen LogP contribution >= 0.6 is 35.6 Å². The third kappa shape index (κ3) is 10.6. The van der Waals surface area contributed by atoms with Crippen molar-refractivity contribution in [3.05, 3.63) is 28.8 Å². The van der Waals surface area contributed by atoms with Crippen LogP contribution in [0.1, 0.15) is 5.56 Å². The van der Waals surface area contributed by atoms with Gasteiger partial charge in [-0.15, -0.1) is 24.0 Å². The number of hydrogen-bond acceptors (Lipinski definition) is 4. The lowest BCUT2D eigenvalue weighted by Gasteiger charge is -2.15. The first kappa shape index (κ1) is 24.1. The molecule has 0 spiro atoms. The molecule has 0 bridgehead atoms. The van der Waals surface area contributed by atoms with Crippen molar-refractivity contribution in [2.75, 3.05) is 40.5 Å². The molecule has 0 aliphatic rings. The summed E-state index contributed by atoms with van der Waals surface area (Å²) in [4.78, 5) is 4.04. The van der Waals surface area contributed by atoms with Crippen LogP contribution in [0.4, 0.5) is 8.78 Å². The van der Waals surface area contributed by atoms with Gasteiger partial charge in [0.15, 0.2) is 5.96 Å². The molecule has 2 N–H and O–H groups in total. The Morgan fingerprint density at radius 2 is 2.00 bits per heavy atom. The zero-order valence-electron chi connectivity index (χ0n) is 14.1. The van der Waals surface area contributed by atoms with Gasteiger partial charge >= 0.3 is 6.61 Å². The van der Waals surface area contributed by atoms with Gasteiger partial charge < -0.3 is 24.8 Å². The van der Waals surface area contributed by atoms with Crippen LogP contribution in [0.2, 0.25) is 5.02 Å². The van der Waals surface area contributed by atoms with E-state index in [4.69, 9.17) is 21.1 Å². The number of halogens is 4. The highest BCUT2D eigenvalue weighted by Gasteiger charge is 2.10. The molecule has 0 unspecified atom stereocenters. The molecule has 0 saturated heterocycles. The third-order valence-electron chi connectivity index (χ3n) is 2.88. The van der Waals surface area contributed by atoms with E-state index in [2.05, 4.69) is 20.4 Å². The molecule has 0 saturated carbocycles. The Labute approximate surface area is 168 Å². The first-order chi connectivity index (χ1) is 11.6. The molecule has 0 fully saturated rings. The molecule has 0 aliphatic heterocycles. The maximum absolute atomic E-state index is 12.4. The van der Waals surface area contributed by atoms with Crippen LogP contribution in [0.5, 0.6) is 5.75 Å². The van der Waals surface area contributed by atoms with E-state index in [1.165, 1.54) is 12.1 Å².